The highest BCUT2D eigenvalue weighted by Gasteiger charge is 2.23. The molecule has 1 amide bonds. The van der Waals surface area contributed by atoms with Crippen LogP contribution in [0.2, 0.25) is 5.02 Å². The quantitative estimate of drug-likeness (QED) is 0.305. The topological polar surface area (TPSA) is 51.2 Å². The van der Waals surface area contributed by atoms with Crippen molar-refractivity contribution in [2.24, 2.45) is 0 Å². The zero-order valence-electron chi connectivity index (χ0n) is 20.7. The summed E-state index contributed by atoms with van der Waals surface area (Å²) < 4.78 is 16.6. The Hall–Kier alpha value is -2.96. The van der Waals surface area contributed by atoms with E-state index in [1.165, 1.54) is 0 Å². The highest BCUT2D eigenvalue weighted by atomic mass is 35.5. The van der Waals surface area contributed by atoms with E-state index in [0.717, 1.165) is 48.8 Å². The van der Waals surface area contributed by atoms with Crippen molar-refractivity contribution in [3.63, 3.8) is 0 Å². The molecule has 3 aromatic rings. The first-order chi connectivity index (χ1) is 17.0. The third kappa shape index (κ3) is 5.82. The molecule has 0 fully saturated rings. The molecule has 0 atom stereocenters. The standard InChI is InChI=1S/C28H33ClN2O4/c1-4-30(5-2)12-8-9-13-31(18-22-16-26-27(17-24(22)29)35-19-34-26)28(32)23-14-20-10-6-7-11-21(20)15-25(23)33-3/h6-7,10-11,14-17H,4-5,8-9,12-13,18-19H2,1-3H3. The van der Waals surface area contributed by atoms with Crippen molar-refractivity contribution in [3.8, 4) is 17.2 Å². The minimum atomic E-state index is -0.0795. The Kier molecular flexibility index (Phi) is 8.37. The molecule has 0 bridgehead atoms. The molecule has 186 valence electrons. The summed E-state index contributed by atoms with van der Waals surface area (Å²) in [4.78, 5) is 18.2. The molecule has 0 radical (unpaired) electrons. The number of fused-ring (bicyclic) bond motifs is 2. The Morgan fingerprint density at radius 3 is 2.31 bits per heavy atom. The number of unbranched alkanes of at least 4 members (excludes halogenated alkanes) is 1. The maximum atomic E-state index is 13.9. The lowest BCUT2D eigenvalue weighted by molar-refractivity contribution is 0.0735. The average molecular weight is 497 g/mol. The summed E-state index contributed by atoms with van der Waals surface area (Å²) in [5.74, 6) is 1.77. The first-order valence-electron chi connectivity index (χ1n) is 12.2. The Balaban J connectivity index is 1.61. The summed E-state index contributed by atoms with van der Waals surface area (Å²) in [5.41, 5.74) is 1.37. The number of hydrogen-bond acceptors (Lipinski definition) is 5. The smallest absolute Gasteiger partial charge is 0.257 e. The summed E-state index contributed by atoms with van der Waals surface area (Å²) >= 11 is 6.57. The van der Waals surface area contributed by atoms with E-state index in [1.807, 2.05) is 47.4 Å². The maximum absolute atomic E-state index is 13.9. The molecule has 0 N–H and O–H groups in total. The Morgan fingerprint density at radius 1 is 0.971 bits per heavy atom. The van der Waals surface area contributed by atoms with Crippen LogP contribution >= 0.6 is 11.6 Å². The van der Waals surface area contributed by atoms with Crippen molar-refractivity contribution in [1.29, 1.82) is 0 Å². The minimum Gasteiger partial charge on any atom is -0.496 e. The van der Waals surface area contributed by atoms with Crippen LogP contribution in [0.15, 0.2) is 48.5 Å². The number of methoxy groups -OCH3 is 1. The molecule has 0 saturated carbocycles. The molecule has 7 heteroatoms. The molecule has 0 aliphatic carbocycles. The van der Waals surface area contributed by atoms with Gasteiger partial charge in [-0.2, -0.15) is 0 Å². The van der Waals surface area contributed by atoms with Gasteiger partial charge in [0.1, 0.15) is 5.75 Å². The van der Waals surface area contributed by atoms with E-state index in [2.05, 4.69) is 18.7 Å². The number of carbonyl (C=O) groups excluding carboxylic acids is 1. The van der Waals surface area contributed by atoms with E-state index in [0.29, 0.717) is 40.9 Å². The number of ether oxygens (including phenoxy) is 3. The lowest BCUT2D eigenvalue weighted by Gasteiger charge is -2.25. The fourth-order valence-electron chi connectivity index (χ4n) is 4.44. The second-order valence-electron chi connectivity index (χ2n) is 8.66. The molecule has 1 heterocycles. The summed E-state index contributed by atoms with van der Waals surface area (Å²) in [5, 5.41) is 2.59. The largest absolute Gasteiger partial charge is 0.496 e. The summed E-state index contributed by atoms with van der Waals surface area (Å²) in [6.07, 6.45) is 1.90. The van der Waals surface area contributed by atoms with Gasteiger partial charge in [-0.05, 0) is 67.0 Å². The van der Waals surface area contributed by atoms with Crippen molar-refractivity contribution >= 4 is 28.3 Å². The van der Waals surface area contributed by atoms with Crippen LogP contribution in [-0.2, 0) is 6.54 Å². The van der Waals surface area contributed by atoms with Gasteiger partial charge in [0.15, 0.2) is 11.5 Å². The second-order valence-corrected chi connectivity index (χ2v) is 9.06. The molecule has 0 unspecified atom stereocenters. The lowest BCUT2D eigenvalue weighted by Crippen LogP contribution is -2.32. The number of benzene rings is 3. The van der Waals surface area contributed by atoms with Gasteiger partial charge in [-0.1, -0.05) is 49.7 Å². The molecule has 0 spiro atoms. The van der Waals surface area contributed by atoms with Crippen LogP contribution in [0.25, 0.3) is 10.8 Å². The number of halogens is 1. The first-order valence-corrected chi connectivity index (χ1v) is 12.6. The van der Waals surface area contributed by atoms with Gasteiger partial charge >= 0.3 is 0 Å². The van der Waals surface area contributed by atoms with E-state index >= 15 is 0 Å². The average Bonchev–Trinajstić information content (AvgIpc) is 3.33. The van der Waals surface area contributed by atoms with Crippen molar-refractivity contribution in [1.82, 2.24) is 9.80 Å². The van der Waals surface area contributed by atoms with E-state index in [-0.39, 0.29) is 12.7 Å². The molecule has 0 saturated heterocycles. The maximum Gasteiger partial charge on any atom is 0.257 e. The van der Waals surface area contributed by atoms with E-state index < -0.39 is 0 Å². The van der Waals surface area contributed by atoms with Gasteiger partial charge in [0.25, 0.3) is 5.91 Å². The highest BCUT2D eigenvalue weighted by molar-refractivity contribution is 6.31. The normalized spacial score (nSPS) is 12.4. The number of hydrogen-bond donors (Lipinski definition) is 0. The van der Waals surface area contributed by atoms with Crippen LogP contribution in [0.1, 0.15) is 42.6 Å². The van der Waals surface area contributed by atoms with Crippen molar-refractivity contribution in [2.45, 2.75) is 33.2 Å². The van der Waals surface area contributed by atoms with Gasteiger partial charge in [-0.15, -0.1) is 0 Å². The van der Waals surface area contributed by atoms with Gasteiger partial charge in [0.05, 0.1) is 12.7 Å². The first kappa shape index (κ1) is 25.1. The fraction of sp³-hybridized carbons (Fsp3) is 0.393. The summed E-state index contributed by atoms with van der Waals surface area (Å²) in [6.45, 7) is 8.58. The Morgan fingerprint density at radius 2 is 1.63 bits per heavy atom. The molecule has 1 aliphatic heterocycles. The third-order valence-corrected chi connectivity index (χ3v) is 6.89. The van der Waals surface area contributed by atoms with Gasteiger partial charge in [0.2, 0.25) is 6.79 Å². The van der Waals surface area contributed by atoms with Crippen molar-refractivity contribution in [3.05, 3.63) is 64.7 Å². The van der Waals surface area contributed by atoms with Crippen LogP contribution in [0.5, 0.6) is 17.2 Å². The van der Waals surface area contributed by atoms with E-state index in [9.17, 15) is 4.79 Å². The third-order valence-electron chi connectivity index (χ3n) is 6.54. The predicted molar refractivity (Wildman–Crippen MR) is 140 cm³/mol. The van der Waals surface area contributed by atoms with E-state index in [4.69, 9.17) is 25.8 Å². The van der Waals surface area contributed by atoms with Crippen molar-refractivity contribution in [2.75, 3.05) is 40.1 Å². The summed E-state index contributed by atoms with van der Waals surface area (Å²) in [6, 6.07) is 15.5. The van der Waals surface area contributed by atoms with Gasteiger partial charge in [-0.3, -0.25) is 4.79 Å². The molecule has 3 aromatic carbocycles. The molecule has 35 heavy (non-hydrogen) atoms. The van der Waals surface area contributed by atoms with E-state index in [1.54, 1.807) is 13.2 Å². The predicted octanol–water partition coefficient (Wildman–Crippen LogP) is 5.99. The molecule has 4 rings (SSSR count). The second kappa shape index (κ2) is 11.6. The molecule has 6 nitrogen and oxygen atoms in total. The van der Waals surface area contributed by atoms with Crippen LogP contribution in [0.3, 0.4) is 0 Å². The van der Waals surface area contributed by atoms with Crippen LogP contribution in [0.4, 0.5) is 0 Å². The molecule has 1 aliphatic rings. The number of nitrogens with zero attached hydrogens (tertiary/aromatic N) is 2. The molecule has 0 aromatic heterocycles. The SMILES string of the molecule is CCN(CC)CCCCN(Cc1cc2c(cc1Cl)OCO2)C(=O)c1cc2ccccc2cc1OC. The number of carbonyl (C=O) groups is 1. The monoisotopic (exact) mass is 496 g/mol. The minimum absolute atomic E-state index is 0.0795. The van der Waals surface area contributed by atoms with Crippen LogP contribution in [0, 0.1) is 0 Å². The lowest BCUT2D eigenvalue weighted by atomic mass is 10.0. The number of rotatable bonds is 11. The molecular formula is C28H33ClN2O4. The zero-order valence-corrected chi connectivity index (χ0v) is 21.4. The van der Waals surface area contributed by atoms with Gasteiger partial charge in [0, 0.05) is 24.2 Å². The molecular weight excluding hydrogens is 464 g/mol. The van der Waals surface area contributed by atoms with Gasteiger partial charge < -0.3 is 24.0 Å². The van der Waals surface area contributed by atoms with Gasteiger partial charge in [-0.25, -0.2) is 0 Å². The van der Waals surface area contributed by atoms with Crippen LogP contribution < -0.4 is 14.2 Å². The van der Waals surface area contributed by atoms with Crippen LogP contribution in [-0.4, -0.2) is 55.8 Å². The Bertz CT molecular complexity index is 1180. The fourth-order valence-corrected chi connectivity index (χ4v) is 4.66. The number of amides is 1. The Labute approximate surface area is 212 Å². The zero-order chi connectivity index (χ0) is 24.8. The highest BCUT2D eigenvalue weighted by Crippen LogP contribution is 2.37. The van der Waals surface area contributed by atoms with Crippen molar-refractivity contribution < 1.29 is 19.0 Å². The summed E-state index contributed by atoms with van der Waals surface area (Å²) in [7, 11) is 1.60.